The van der Waals surface area contributed by atoms with E-state index in [-0.39, 0.29) is 11.4 Å². The van der Waals surface area contributed by atoms with Crippen LogP contribution in [0.2, 0.25) is 0 Å². The van der Waals surface area contributed by atoms with Gasteiger partial charge in [-0.3, -0.25) is 0 Å². The second-order valence-electron chi connectivity index (χ2n) is 7.94. The molecule has 2 aromatic rings. The van der Waals surface area contributed by atoms with Crippen LogP contribution in [0, 0.1) is 0 Å². The van der Waals surface area contributed by atoms with Gasteiger partial charge in [-0.2, -0.15) is 0 Å². The lowest BCUT2D eigenvalue weighted by Gasteiger charge is -2.33. The van der Waals surface area contributed by atoms with Crippen LogP contribution >= 0.6 is 0 Å². The molecule has 0 radical (unpaired) electrons. The lowest BCUT2D eigenvalue weighted by atomic mass is 10.2. The van der Waals surface area contributed by atoms with Crippen LogP contribution in [0.25, 0.3) is 0 Å². The molecule has 4 rings (SSSR count). The second kappa shape index (κ2) is 8.87. The third-order valence-corrected chi connectivity index (χ3v) is 7.09. The van der Waals surface area contributed by atoms with Crippen molar-refractivity contribution in [2.24, 2.45) is 0 Å². The van der Waals surface area contributed by atoms with Crippen molar-refractivity contribution in [3.05, 3.63) is 41.9 Å². The maximum Gasteiger partial charge on any atom is 0.244 e. The molecule has 8 nitrogen and oxygen atoms in total. The highest BCUT2D eigenvalue weighted by Crippen LogP contribution is 2.38. The molecule has 0 spiro atoms. The quantitative estimate of drug-likeness (QED) is 0.680. The first-order chi connectivity index (χ1) is 14.5. The Hall–Kier alpha value is -2.23. The Balaban J connectivity index is 1.46. The van der Waals surface area contributed by atoms with Crippen LogP contribution in [-0.2, 0) is 16.4 Å². The zero-order valence-corrected chi connectivity index (χ0v) is 18.4. The van der Waals surface area contributed by atoms with Crippen LogP contribution in [0.5, 0.6) is 5.75 Å². The molecule has 0 amide bonds. The third kappa shape index (κ3) is 4.91. The predicted molar refractivity (Wildman–Crippen MR) is 116 cm³/mol. The molecule has 0 unspecified atom stereocenters. The van der Waals surface area contributed by atoms with E-state index in [9.17, 15) is 8.42 Å². The van der Waals surface area contributed by atoms with E-state index >= 15 is 0 Å². The molecular weight excluding hydrogens is 402 g/mol. The maximum atomic E-state index is 12.7. The van der Waals surface area contributed by atoms with E-state index in [2.05, 4.69) is 21.6 Å². The van der Waals surface area contributed by atoms with Gasteiger partial charge in [0.25, 0.3) is 0 Å². The summed E-state index contributed by atoms with van der Waals surface area (Å²) < 4.78 is 33.3. The summed E-state index contributed by atoms with van der Waals surface area (Å²) in [6.45, 7) is 4.17. The molecule has 1 aromatic heterocycles. The lowest BCUT2D eigenvalue weighted by Crippen LogP contribution is -2.45. The highest BCUT2D eigenvalue weighted by molar-refractivity contribution is 7.89. The molecule has 1 saturated carbocycles. The van der Waals surface area contributed by atoms with Gasteiger partial charge in [0.2, 0.25) is 10.0 Å². The van der Waals surface area contributed by atoms with E-state index in [4.69, 9.17) is 14.7 Å². The molecule has 2 aliphatic rings. The highest BCUT2D eigenvalue weighted by Gasteiger charge is 2.28. The SMILES string of the molecule is COc1ccccc1S(=O)(=O)NCCc1cc(N2CCN(C)CC2)nc(C2CC2)n1. The Morgan fingerprint density at radius 3 is 2.57 bits per heavy atom. The number of para-hydroxylation sites is 1. The number of aromatic nitrogens is 2. The van der Waals surface area contributed by atoms with Gasteiger partial charge in [-0.15, -0.1) is 0 Å². The fourth-order valence-electron chi connectivity index (χ4n) is 3.58. The average Bonchev–Trinajstić information content (AvgIpc) is 3.59. The predicted octanol–water partition coefficient (Wildman–Crippen LogP) is 1.64. The Kier molecular flexibility index (Phi) is 6.21. The zero-order chi connectivity index (χ0) is 21.1. The summed E-state index contributed by atoms with van der Waals surface area (Å²) in [5.41, 5.74) is 0.878. The topological polar surface area (TPSA) is 87.7 Å². The molecule has 0 bridgehead atoms. The number of hydrogen-bond acceptors (Lipinski definition) is 7. The number of anilines is 1. The van der Waals surface area contributed by atoms with Crippen molar-refractivity contribution in [1.82, 2.24) is 19.6 Å². The number of hydrogen-bond donors (Lipinski definition) is 1. The van der Waals surface area contributed by atoms with E-state index in [0.717, 1.165) is 56.4 Å². The van der Waals surface area contributed by atoms with Gasteiger partial charge in [0.05, 0.1) is 7.11 Å². The van der Waals surface area contributed by atoms with Crippen LogP contribution in [-0.4, -0.2) is 70.2 Å². The lowest BCUT2D eigenvalue weighted by molar-refractivity contribution is 0.312. The summed E-state index contributed by atoms with van der Waals surface area (Å²) in [5, 5.41) is 0. The Labute approximate surface area is 178 Å². The molecular formula is C21H29N5O3S. The minimum Gasteiger partial charge on any atom is -0.495 e. The number of piperazine rings is 1. The molecule has 162 valence electrons. The van der Waals surface area contributed by atoms with E-state index < -0.39 is 10.0 Å². The number of benzene rings is 1. The summed E-state index contributed by atoms with van der Waals surface area (Å²) >= 11 is 0. The van der Waals surface area contributed by atoms with Gasteiger partial charge in [-0.05, 0) is 32.0 Å². The average molecular weight is 432 g/mol. The fraction of sp³-hybridized carbons (Fsp3) is 0.524. The minimum absolute atomic E-state index is 0.145. The number of nitrogens with zero attached hydrogens (tertiary/aromatic N) is 4. The van der Waals surface area contributed by atoms with Gasteiger partial charge in [0, 0.05) is 56.8 Å². The van der Waals surface area contributed by atoms with Crippen LogP contribution in [0.15, 0.2) is 35.2 Å². The van der Waals surface area contributed by atoms with E-state index in [1.54, 1.807) is 24.3 Å². The summed E-state index contributed by atoms with van der Waals surface area (Å²) in [6.07, 6.45) is 2.77. The number of sulfonamides is 1. The largest absolute Gasteiger partial charge is 0.495 e. The van der Waals surface area contributed by atoms with Crippen molar-refractivity contribution in [1.29, 1.82) is 0 Å². The molecule has 0 atom stereocenters. The standard InChI is InChI=1S/C21H29N5O3S/c1-25-11-13-26(14-12-25)20-15-17(23-21(24-20)16-7-8-16)9-10-22-30(27,28)19-6-4-3-5-18(19)29-2/h3-6,15-16,22H,7-14H2,1-2H3. The zero-order valence-electron chi connectivity index (χ0n) is 17.5. The molecule has 2 fully saturated rings. The molecule has 1 aliphatic heterocycles. The summed E-state index contributed by atoms with van der Waals surface area (Å²) in [4.78, 5) is 14.3. The number of nitrogens with one attached hydrogen (secondary N) is 1. The first kappa shape index (κ1) is 21.0. The smallest absolute Gasteiger partial charge is 0.244 e. The minimum atomic E-state index is -3.66. The van der Waals surface area contributed by atoms with Gasteiger partial charge < -0.3 is 14.5 Å². The van der Waals surface area contributed by atoms with Crippen LogP contribution < -0.4 is 14.4 Å². The highest BCUT2D eigenvalue weighted by atomic mass is 32.2. The van der Waals surface area contributed by atoms with Crippen molar-refractivity contribution in [3.8, 4) is 5.75 Å². The van der Waals surface area contributed by atoms with Crippen molar-refractivity contribution in [3.63, 3.8) is 0 Å². The van der Waals surface area contributed by atoms with E-state index in [0.29, 0.717) is 18.1 Å². The molecule has 9 heteroatoms. The number of ether oxygens (including phenoxy) is 1. The van der Waals surface area contributed by atoms with E-state index in [1.165, 1.54) is 7.11 Å². The number of methoxy groups -OCH3 is 1. The summed E-state index contributed by atoms with van der Waals surface area (Å²) in [6, 6.07) is 8.63. The fourth-order valence-corrected chi connectivity index (χ4v) is 4.79. The van der Waals surface area contributed by atoms with Gasteiger partial charge in [0.1, 0.15) is 22.3 Å². The van der Waals surface area contributed by atoms with Gasteiger partial charge in [-0.25, -0.2) is 23.1 Å². The van der Waals surface area contributed by atoms with Gasteiger partial charge in [-0.1, -0.05) is 12.1 Å². The number of likely N-dealkylation sites (N-methyl/N-ethyl adjacent to an activating group) is 1. The summed E-state index contributed by atoms with van der Waals surface area (Å²) in [5.74, 6) is 2.64. The first-order valence-electron chi connectivity index (χ1n) is 10.4. The van der Waals surface area contributed by atoms with Crippen molar-refractivity contribution >= 4 is 15.8 Å². The maximum absolute atomic E-state index is 12.7. The van der Waals surface area contributed by atoms with Crippen molar-refractivity contribution in [2.45, 2.75) is 30.1 Å². The van der Waals surface area contributed by atoms with Crippen molar-refractivity contribution < 1.29 is 13.2 Å². The van der Waals surface area contributed by atoms with Crippen LogP contribution in [0.3, 0.4) is 0 Å². The molecule has 2 heterocycles. The normalized spacial score (nSPS) is 17.9. The second-order valence-corrected chi connectivity index (χ2v) is 9.67. The molecule has 1 N–H and O–H groups in total. The Morgan fingerprint density at radius 1 is 1.13 bits per heavy atom. The first-order valence-corrected chi connectivity index (χ1v) is 11.9. The Bertz CT molecular complexity index is 986. The number of rotatable bonds is 8. The molecule has 1 aliphatic carbocycles. The molecule has 1 aromatic carbocycles. The Morgan fingerprint density at radius 2 is 1.87 bits per heavy atom. The van der Waals surface area contributed by atoms with Crippen molar-refractivity contribution in [2.75, 3.05) is 51.8 Å². The molecule has 30 heavy (non-hydrogen) atoms. The summed E-state index contributed by atoms with van der Waals surface area (Å²) in [7, 11) is -0.0604. The van der Waals surface area contributed by atoms with Crippen LogP contribution in [0.4, 0.5) is 5.82 Å². The third-order valence-electron chi connectivity index (χ3n) is 5.58. The van der Waals surface area contributed by atoms with E-state index in [1.807, 2.05) is 6.07 Å². The molecule has 1 saturated heterocycles. The van der Waals surface area contributed by atoms with Crippen LogP contribution in [0.1, 0.15) is 30.3 Å². The monoisotopic (exact) mass is 431 g/mol. The van der Waals surface area contributed by atoms with Gasteiger partial charge >= 0.3 is 0 Å². The van der Waals surface area contributed by atoms with Gasteiger partial charge in [0.15, 0.2) is 0 Å².